The summed E-state index contributed by atoms with van der Waals surface area (Å²) in [5.74, 6) is -1.20. The molecule has 1 heterocycles. The first-order valence-electron chi connectivity index (χ1n) is 5.36. The summed E-state index contributed by atoms with van der Waals surface area (Å²) in [5.41, 5.74) is 1.30. The molecule has 19 heavy (non-hydrogen) atoms. The lowest BCUT2D eigenvalue weighted by Gasteiger charge is -2.07. The largest absolute Gasteiger partial charge is 0.320 e. The molecular formula is C13H9BrClFN2O. The fourth-order valence-electron chi connectivity index (χ4n) is 1.50. The van der Waals surface area contributed by atoms with E-state index >= 15 is 0 Å². The third-order valence-corrected chi connectivity index (χ3v) is 3.51. The smallest absolute Gasteiger partial charge is 0.258 e. The fourth-order valence-corrected chi connectivity index (χ4v) is 1.87. The molecule has 0 bridgehead atoms. The van der Waals surface area contributed by atoms with Crippen LogP contribution in [0.2, 0.25) is 5.02 Å². The molecule has 0 aliphatic rings. The average molecular weight is 344 g/mol. The predicted octanol–water partition coefficient (Wildman–Crippen LogP) is 4.20. The molecular weight excluding hydrogens is 335 g/mol. The topological polar surface area (TPSA) is 42.0 Å². The summed E-state index contributed by atoms with van der Waals surface area (Å²) in [5, 5.41) is 2.83. The van der Waals surface area contributed by atoms with Gasteiger partial charge in [-0.15, -0.1) is 0 Å². The van der Waals surface area contributed by atoms with E-state index in [1.54, 1.807) is 6.07 Å². The van der Waals surface area contributed by atoms with Crippen molar-refractivity contribution in [3.63, 3.8) is 0 Å². The third-order valence-electron chi connectivity index (χ3n) is 2.45. The first kappa shape index (κ1) is 14.0. The van der Waals surface area contributed by atoms with Gasteiger partial charge in [0.05, 0.1) is 17.4 Å². The van der Waals surface area contributed by atoms with Gasteiger partial charge in [0.15, 0.2) is 0 Å². The van der Waals surface area contributed by atoms with Crippen LogP contribution < -0.4 is 5.32 Å². The zero-order valence-electron chi connectivity index (χ0n) is 9.88. The summed E-state index contributed by atoms with van der Waals surface area (Å²) in [4.78, 5) is 16.0. The number of nitrogens with zero attached hydrogens (tertiary/aromatic N) is 1. The number of rotatable bonds is 2. The molecule has 1 aromatic heterocycles. The van der Waals surface area contributed by atoms with E-state index in [2.05, 4.69) is 26.2 Å². The van der Waals surface area contributed by atoms with Crippen LogP contribution in [0.1, 0.15) is 15.9 Å². The highest BCUT2D eigenvalue weighted by Crippen LogP contribution is 2.19. The zero-order valence-corrected chi connectivity index (χ0v) is 12.2. The molecule has 1 N–H and O–H groups in total. The standard InChI is InChI=1S/C13H9BrClFN2O/c1-7-4-9(6-17-12(7)14)18-13(19)10-3-2-8(15)5-11(10)16/h2-6H,1H3,(H,18,19). The maximum Gasteiger partial charge on any atom is 0.258 e. The van der Waals surface area contributed by atoms with Crippen LogP contribution in [0, 0.1) is 12.7 Å². The minimum absolute atomic E-state index is 0.0648. The summed E-state index contributed by atoms with van der Waals surface area (Å²) >= 11 is 8.89. The first-order valence-corrected chi connectivity index (χ1v) is 6.53. The van der Waals surface area contributed by atoms with Crippen LogP contribution in [0.5, 0.6) is 0 Å². The number of hydrogen-bond donors (Lipinski definition) is 1. The van der Waals surface area contributed by atoms with Gasteiger partial charge in [0.1, 0.15) is 10.4 Å². The number of halogens is 3. The summed E-state index contributed by atoms with van der Waals surface area (Å²) in [6.45, 7) is 1.84. The van der Waals surface area contributed by atoms with Gasteiger partial charge in [-0.3, -0.25) is 4.79 Å². The average Bonchev–Trinajstić information content (AvgIpc) is 2.33. The molecule has 0 saturated heterocycles. The highest BCUT2D eigenvalue weighted by atomic mass is 79.9. The number of anilines is 1. The van der Waals surface area contributed by atoms with E-state index in [1.807, 2.05) is 6.92 Å². The first-order chi connectivity index (χ1) is 8.97. The van der Waals surface area contributed by atoms with E-state index in [0.717, 1.165) is 11.6 Å². The number of carbonyl (C=O) groups excluding carboxylic acids is 1. The number of benzene rings is 1. The number of hydrogen-bond acceptors (Lipinski definition) is 2. The van der Waals surface area contributed by atoms with Crippen LogP contribution in [0.3, 0.4) is 0 Å². The Hall–Kier alpha value is -1.46. The van der Waals surface area contributed by atoms with Crippen molar-refractivity contribution in [2.24, 2.45) is 0 Å². The van der Waals surface area contributed by atoms with E-state index in [-0.39, 0.29) is 10.6 Å². The Morgan fingerprint density at radius 1 is 1.42 bits per heavy atom. The lowest BCUT2D eigenvalue weighted by Crippen LogP contribution is -2.14. The normalized spacial score (nSPS) is 10.3. The predicted molar refractivity (Wildman–Crippen MR) is 76.0 cm³/mol. The van der Waals surface area contributed by atoms with Crippen molar-refractivity contribution in [3.05, 3.63) is 57.0 Å². The SMILES string of the molecule is Cc1cc(NC(=O)c2ccc(Cl)cc2F)cnc1Br. The number of nitrogens with one attached hydrogen (secondary N) is 1. The summed E-state index contributed by atoms with van der Waals surface area (Å²) in [7, 11) is 0. The monoisotopic (exact) mass is 342 g/mol. The molecule has 0 spiro atoms. The van der Waals surface area contributed by atoms with Gasteiger partial charge >= 0.3 is 0 Å². The molecule has 0 atom stereocenters. The highest BCUT2D eigenvalue weighted by molar-refractivity contribution is 9.10. The molecule has 0 aliphatic carbocycles. The Balaban J connectivity index is 2.23. The summed E-state index contributed by atoms with van der Waals surface area (Å²) in [6.07, 6.45) is 1.49. The maximum atomic E-state index is 13.6. The molecule has 0 radical (unpaired) electrons. The Labute approximate surface area is 122 Å². The molecule has 3 nitrogen and oxygen atoms in total. The second kappa shape index (κ2) is 5.67. The van der Waals surface area contributed by atoms with Crippen LogP contribution in [0.25, 0.3) is 0 Å². The van der Waals surface area contributed by atoms with Crippen LogP contribution >= 0.6 is 27.5 Å². The molecule has 0 unspecified atom stereocenters. The van der Waals surface area contributed by atoms with E-state index < -0.39 is 11.7 Å². The van der Waals surface area contributed by atoms with Crippen molar-refractivity contribution >= 4 is 39.1 Å². The molecule has 1 amide bonds. The Morgan fingerprint density at radius 3 is 2.79 bits per heavy atom. The number of aromatic nitrogens is 1. The van der Waals surface area contributed by atoms with Crippen LogP contribution in [-0.2, 0) is 0 Å². The fraction of sp³-hybridized carbons (Fsp3) is 0.0769. The number of aryl methyl sites for hydroxylation is 1. The number of amides is 1. The lowest BCUT2D eigenvalue weighted by atomic mass is 10.2. The van der Waals surface area contributed by atoms with Crippen molar-refractivity contribution in [1.29, 1.82) is 0 Å². The summed E-state index contributed by atoms with van der Waals surface area (Å²) < 4.78 is 14.3. The minimum atomic E-state index is -0.660. The van der Waals surface area contributed by atoms with E-state index in [0.29, 0.717) is 10.3 Å². The second-order valence-corrected chi connectivity index (χ2v) is 5.10. The van der Waals surface area contributed by atoms with Crippen molar-refractivity contribution in [2.75, 3.05) is 5.32 Å². The molecule has 6 heteroatoms. The molecule has 2 aromatic rings. The number of carbonyl (C=O) groups is 1. The number of pyridine rings is 1. The van der Waals surface area contributed by atoms with Gasteiger partial charge in [0.2, 0.25) is 0 Å². The van der Waals surface area contributed by atoms with Gasteiger partial charge in [-0.2, -0.15) is 0 Å². The Bertz CT molecular complexity index is 649. The van der Waals surface area contributed by atoms with Crippen LogP contribution in [0.15, 0.2) is 35.1 Å². The van der Waals surface area contributed by atoms with Crippen LogP contribution in [-0.4, -0.2) is 10.9 Å². The van der Waals surface area contributed by atoms with Gasteiger partial charge in [0.25, 0.3) is 5.91 Å². The molecule has 0 saturated carbocycles. The van der Waals surface area contributed by atoms with Crippen molar-refractivity contribution in [3.8, 4) is 0 Å². The third kappa shape index (κ3) is 3.30. The van der Waals surface area contributed by atoms with Gasteiger partial charge in [0, 0.05) is 5.02 Å². The molecule has 98 valence electrons. The molecule has 1 aromatic carbocycles. The van der Waals surface area contributed by atoms with Gasteiger partial charge in [-0.1, -0.05) is 11.6 Å². The molecule has 0 aliphatic heterocycles. The van der Waals surface area contributed by atoms with Crippen LogP contribution in [0.4, 0.5) is 10.1 Å². The molecule has 2 rings (SSSR count). The van der Waals surface area contributed by atoms with Gasteiger partial charge in [-0.25, -0.2) is 9.37 Å². The van der Waals surface area contributed by atoms with Gasteiger partial charge < -0.3 is 5.32 Å². The van der Waals surface area contributed by atoms with E-state index in [1.165, 1.54) is 18.3 Å². The molecule has 0 fully saturated rings. The minimum Gasteiger partial charge on any atom is -0.320 e. The highest BCUT2D eigenvalue weighted by Gasteiger charge is 2.12. The Morgan fingerprint density at radius 2 is 2.16 bits per heavy atom. The lowest BCUT2D eigenvalue weighted by molar-refractivity contribution is 0.102. The second-order valence-electron chi connectivity index (χ2n) is 3.91. The van der Waals surface area contributed by atoms with Crippen molar-refractivity contribution in [2.45, 2.75) is 6.92 Å². The Kier molecular flexibility index (Phi) is 4.17. The van der Waals surface area contributed by atoms with Gasteiger partial charge in [-0.05, 0) is 52.7 Å². The van der Waals surface area contributed by atoms with Crippen molar-refractivity contribution < 1.29 is 9.18 Å². The zero-order chi connectivity index (χ0) is 14.0. The van der Waals surface area contributed by atoms with E-state index in [4.69, 9.17) is 11.6 Å². The quantitative estimate of drug-likeness (QED) is 0.831. The van der Waals surface area contributed by atoms with E-state index in [9.17, 15) is 9.18 Å². The summed E-state index contributed by atoms with van der Waals surface area (Å²) in [6, 6.07) is 5.64. The van der Waals surface area contributed by atoms with Crippen molar-refractivity contribution in [1.82, 2.24) is 4.98 Å². The maximum absolute atomic E-state index is 13.6.